The minimum atomic E-state index is -0.604. The molecule has 0 spiro atoms. The van der Waals surface area contributed by atoms with E-state index in [0.717, 1.165) is 6.07 Å². The zero-order valence-corrected chi connectivity index (χ0v) is 11.8. The Kier molecular flexibility index (Phi) is 4.39. The van der Waals surface area contributed by atoms with Crippen LogP contribution in [-0.4, -0.2) is 17.9 Å². The van der Waals surface area contributed by atoms with Gasteiger partial charge in [0.15, 0.2) is 5.75 Å². The van der Waals surface area contributed by atoms with Crippen LogP contribution in [0.5, 0.6) is 5.75 Å². The first-order valence-electron chi connectivity index (χ1n) is 5.91. The van der Waals surface area contributed by atoms with Gasteiger partial charge in [-0.15, -0.1) is 0 Å². The molecule has 21 heavy (non-hydrogen) atoms. The number of benzene rings is 2. The zero-order chi connectivity index (χ0) is 15.4. The number of rotatable bonds is 4. The van der Waals surface area contributed by atoms with Gasteiger partial charge in [-0.3, -0.25) is 14.9 Å². The molecule has 2 rings (SSSR count). The first kappa shape index (κ1) is 14.8. The molecular weight excluding hydrogens is 296 g/mol. The lowest BCUT2D eigenvalue weighted by Crippen LogP contribution is -2.12. The van der Waals surface area contributed by atoms with E-state index in [9.17, 15) is 14.9 Å². The summed E-state index contributed by atoms with van der Waals surface area (Å²) in [7, 11) is 1.30. The van der Waals surface area contributed by atoms with Crippen molar-refractivity contribution in [2.75, 3.05) is 12.4 Å². The predicted octanol–water partition coefficient (Wildman–Crippen LogP) is 3.51. The van der Waals surface area contributed by atoms with Crippen LogP contribution in [0.25, 0.3) is 0 Å². The molecule has 0 fully saturated rings. The highest BCUT2D eigenvalue weighted by molar-refractivity contribution is 6.34. The summed E-state index contributed by atoms with van der Waals surface area (Å²) in [6, 6.07) is 11.0. The Morgan fingerprint density at radius 1 is 1.29 bits per heavy atom. The van der Waals surface area contributed by atoms with Crippen molar-refractivity contribution in [3.8, 4) is 5.75 Å². The van der Waals surface area contributed by atoms with Crippen molar-refractivity contribution in [2.24, 2.45) is 0 Å². The van der Waals surface area contributed by atoms with Gasteiger partial charge >= 0.3 is 5.69 Å². The highest BCUT2D eigenvalue weighted by Crippen LogP contribution is 2.35. The minimum Gasteiger partial charge on any atom is -0.490 e. The molecule has 0 heterocycles. The molecule has 2 aromatic rings. The highest BCUT2D eigenvalue weighted by atomic mass is 35.5. The normalized spacial score (nSPS) is 10.0. The number of nitro benzene ring substituents is 1. The number of nitro groups is 1. The summed E-state index contributed by atoms with van der Waals surface area (Å²) >= 11 is 5.96. The van der Waals surface area contributed by atoms with Crippen LogP contribution >= 0.6 is 11.6 Å². The summed E-state index contributed by atoms with van der Waals surface area (Å²) in [5.74, 6) is -0.346. The summed E-state index contributed by atoms with van der Waals surface area (Å²) in [5.41, 5.74) is 0.430. The second kappa shape index (κ2) is 6.23. The van der Waals surface area contributed by atoms with Gasteiger partial charge in [0.2, 0.25) is 0 Å². The van der Waals surface area contributed by atoms with Crippen LogP contribution in [0.1, 0.15) is 10.4 Å². The molecule has 0 unspecified atom stereocenters. The van der Waals surface area contributed by atoms with Gasteiger partial charge in [-0.1, -0.05) is 29.8 Å². The molecular formula is C14H11ClN2O4. The number of carbonyl (C=O) groups excluding carboxylic acids is 1. The van der Waals surface area contributed by atoms with Crippen LogP contribution < -0.4 is 10.1 Å². The lowest BCUT2D eigenvalue weighted by molar-refractivity contribution is -0.385. The fraction of sp³-hybridized carbons (Fsp3) is 0.0714. The van der Waals surface area contributed by atoms with E-state index in [4.69, 9.17) is 16.3 Å². The van der Waals surface area contributed by atoms with Gasteiger partial charge in [0.1, 0.15) is 0 Å². The Morgan fingerprint density at radius 3 is 2.52 bits per heavy atom. The van der Waals surface area contributed by atoms with Gasteiger partial charge in [0, 0.05) is 17.7 Å². The molecule has 0 bridgehead atoms. The first-order chi connectivity index (χ1) is 10.0. The predicted molar refractivity (Wildman–Crippen MR) is 79.1 cm³/mol. The third-order valence-electron chi connectivity index (χ3n) is 2.75. The second-order valence-electron chi connectivity index (χ2n) is 4.08. The number of nitrogens with one attached hydrogen (secondary N) is 1. The van der Waals surface area contributed by atoms with Gasteiger partial charge in [-0.25, -0.2) is 0 Å². The van der Waals surface area contributed by atoms with E-state index in [2.05, 4.69) is 5.32 Å². The minimum absolute atomic E-state index is 0.0211. The van der Waals surface area contributed by atoms with Crippen LogP contribution in [-0.2, 0) is 0 Å². The van der Waals surface area contributed by atoms with E-state index in [1.165, 1.54) is 13.2 Å². The van der Waals surface area contributed by atoms with Crippen molar-refractivity contribution in [1.29, 1.82) is 0 Å². The second-order valence-corrected chi connectivity index (χ2v) is 4.49. The Bertz CT molecular complexity index is 689. The Morgan fingerprint density at radius 2 is 1.95 bits per heavy atom. The van der Waals surface area contributed by atoms with E-state index in [-0.39, 0.29) is 28.1 Å². The van der Waals surface area contributed by atoms with Crippen molar-refractivity contribution >= 4 is 28.9 Å². The van der Waals surface area contributed by atoms with Crippen LogP contribution in [0.15, 0.2) is 42.5 Å². The first-order valence-corrected chi connectivity index (χ1v) is 6.29. The number of ether oxygens (including phenoxy) is 1. The summed E-state index contributed by atoms with van der Waals surface area (Å²) in [6.07, 6.45) is 0. The monoisotopic (exact) mass is 306 g/mol. The molecule has 0 aliphatic heterocycles. The fourth-order valence-corrected chi connectivity index (χ4v) is 1.93. The molecule has 1 N–H and O–H groups in total. The Hall–Kier alpha value is -2.60. The average Bonchev–Trinajstić information content (AvgIpc) is 2.49. The zero-order valence-electron chi connectivity index (χ0n) is 11.0. The maximum absolute atomic E-state index is 12.0. The van der Waals surface area contributed by atoms with Crippen LogP contribution in [0, 0.1) is 10.1 Å². The number of anilines is 1. The van der Waals surface area contributed by atoms with Crippen molar-refractivity contribution in [3.05, 3.63) is 63.2 Å². The number of amides is 1. The number of halogens is 1. The maximum Gasteiger partial charge on any atom is 0.312 e. The fourth-order valence-electron chi connectivity index (χ4n) is 1.73. The molecule has 2 aromatic carbocycles. The Balaban J connectivity index is 2.33. The van der Waals surface area contributed by atoms with Gasteiger partial charge in [0.05, 0.1) is 22.7 Å². The summed E-state index contributed by atoms with van der Waals surface area (Å²) in [5, 5.41) is 13.5. The molecule has 0 aliphatic rings. The molecule has 0 radical (unpaired) electrons. The van der Waals surface area contributed by atoms with Gasteiger partial charge in [0.25, 0.3) is 5.91 Å². The highest BCUT2D eigenvalue weighted by Gasteiger charge is 2.19. The smallest absolute Gasteiger partial charge is 0.312 e. The quantitative estimate of drug-likeness (QED) is 0.692. The van der Waals surface area contributed by atoms with Crippen molar-refractivity contribution in [1.82, 2.24) is 0 Å². The molecule has 0 atom stereocenters. The molecule has 0 aromatic heterocycles. The largest absolute Gasteiger partial charge is 0.490 e. The van der Waals surface area contributed by atoms with E-state index in [1.807, 2.05) is 0 Å². The molecule has 0 saturated heterocycles. The number of hydrogen-bond acceptors (Lipinski definition) is 4. The molecule has 0 aliphatic carbocycles. The van der Waals surface area contributed by atoms with E-state index in [1.54, 1.807) is 30.3 Å². The standard InChI is InChI=1S/C14H11ClN2O4/c1-21-13-8-11(10(15)7-12(13)17(19)20)16-14(18)9-5-3-2-4-6-9/h2-8H,1H3,(H,16,18). The molecule has 7 heteroatoms. The third-order valence-corrected chi connectivity index (χ3v) is 3.06. The van der Waals surface area contributed by atoms with Crippen LogP contribution in [0.4, 0.5) is 11.4 Å². The van der Waals surface area contributed by atoms with Crippen molar-refractivity contribution in [3.63, 3.8) is 0 Å². The molecule has 1 amide bonds. The van der Waals surface area contributed by atoms with Gasteiger partial charge < -0.3 is 10.1 Å². The van der Waals surface area contributed by atoms with Crippen LogP contribution in [0.3, 0.4) is 0 Å². The van der Waals surface area contributed by atoms with E-state index < -0.39 is 4.92 Å². The number of nitrogens with zero attached hydrogens (tertiary/aromatic N) is 1. The molecule has 108 valence electrons. The number of hydrogen-bond donors (Lipinski definition) is 1. The lowest BCUT2D eigenvalue weighted by Gasteiger charge is -2.09. The van der Waals surface area contributed by atoms with E-state index in [0.29, 0.717) is 5.56 Å². The van der Waals surface area contributed by atoms with Gasteiger partial charge in [-0.05, 0) is 12.1 Å². The number of carbonyl (C=O) groups is 1. The summed E-state index contributed by atoms with van der Waals surface area (Å²) < 4.78 is 4.94. The molecule has 6 nitrogen and oxygen atoms in total. The number of methoxy groups -OCH3 is 1. The topological polar surface area (TPSA) is 81.5 Å². The van der Waals surface area contributed by atoms with Gasteiger partial charge in [-0.2, -0.15) is 0 Å². The van der Waals surface area contributed by atoms with E-state index >= 15 is 0 Å². The summed E-state index contributed by atoms with van der Waals surface area (Å²) in [6.45, 7) is 0. The Labute approximate surface area is 125 Å². The maximum atomic E-state index is 12.0. The third kappa shape index (κ3) is 3.29. The van der Waals surface area contributed by atoms with Crippen LogP contribution in [0.2, 0.25) is 5.02 Å². The molecule has 0 saturated carbocycles. The average molecular weight is 307 g/mol. The van der Waals surface area contributed by atoms with Crippen molar-refractivity contribution in [2.45, 2.75) is 0 Å². The SMILES string of the molecule is COc1cc(NC(=O)c2ccccc2)c(Cl)cc1[N+](=O)[O-]. The van der Waals surface area contributed by atoms with Crippen molar-refractivity contribution < 1.29 is 14.5 Å². The lowest BCUT2D eigenvalue weighted by atomic mass is 10.2. The summed E-state index contributed by atoms with van der Waals surface area (Å²) in [4.78, 5) is 22.3.